The molecule has 0 fully saturated rings. The van der Waals surface area contributed by atoms with E-state index in [1.54, 1.807) is 22.8 Å². The highest BCUT2D eigenvalue weighted by atomic mass is 16.2. The Morgan fingerprint density at radius 2 is 2.00 bits per heavy atom. The van der Waals surface area contributed by atoms with Crippen LogP contribution in [0.25, 0.3) is 10.8 Å². The molecule has 3 rings (SSSR count). The minimum atomic E-state index is -0.140. The number of nitrogens with one attached hydrogen (secondary N) is 1. The molecule has 1 aromatic heterocycles. The second-order valence-electron chi connectivity index (χ2n) is 5.37. The molecular weight excluding hydrogens is 276 g/mol. The van der Waals surface area contributed by atoms with Crippen molar-refractivity contribution in [2.24, 2.45) is 7.05 Å². The van der Waals surface area contributed by atoms with E-state index in [0.717, 1.165) is 22.0 Å². The van der Waals surface area contributed by atoms with Crippen molar-refractivity contribution in [2.45, 2.75) is 6.54 Å². The SMILES string of the molecule is CN(Cc1cnn(C)c1)C(=O)Nc1ccc2ccccc2c1. The van der Waals surface area contributed by atoms with E-state index in [-0.39, 0.29) is 6.03 Å². The van der Waals surface area contributed by atoms with Crippen molar-refractivity contribution < 1.29 is 4.79 Å². The summed E-state index contributed by atoms with van der Waals surface area (Å²) in [6.45, 7) is 0.521. The third-order valence-corrected chi connectivity index (χ3v) is 3.53. The molecule has 0 unspecified atom stereocenters. The summed E-state index contributed by atoms with van der Waals surface area (Å²) in [5.74, 6) is 0. The Labute approximate surface area is 129 Å². The van der Waals surface area contributed by atoms with Crippen LogP contribution in [0, 0.1) is 0 Å². The van der Waals surface area contributed by atoms with Crippen LogP contribution in [-0.4, -0.2) is 27.8 Å². The number of carbonyl (C=O) groups excluding carboxylic acids is 1. The van der Waals surface area contributed by atoms with Gasteiger partial charge in [-0.3, -0.25) is 4.68 Å². The van der Waals surface area contributed by atoms with Gasteiger partial charge in [0.15, 0.2) is 0 Å². The summed E-state index contributed by atoms with van der Waals surface area (Å²) in [5.41, 5.74) is 1.79. The highest BCUT2D eigenvalue weighted by molar-refractivity contribution is 5.93. The van der Waals surface area contributed by atoms with E-state index >= 15 is 0 Å². The van der Waals surface area contributed by atoms with E-state index in [1.807, 2.05) is 49.6 Å². The van der Waals surface area contributed by atoms with Gasteiger partial charge in [-0.1, -0.05) is 30.3 Å². The maximum Gasteiger partial charge on any atom is 0.321 e. The van der Waals surface area contributed by atoms with Crippen LogP contribution in [0.5, 0.6) is 0 Å². The van der Waals surface area contributed by atoms with Crippen molar-refractivity contribution in [2.75, 3.05) is 12.4 Å². The fraction of sp³-hybridized carbons (Fsp3) is 0.176. The van der Waals surface area contributed by atoms with Crippen LogP contribution >= 0.6 is 0 Å². The fourth-order valence-corrected chi connectivity index (χ4v) is 2.39. The van der Waals surface area contributed by atoms with Gasteiger partial charge in [0.1, 0.15) is 0 Å². The van der Waals surface area contributed by atoms with Gasteiger partial charge in [0, 0.05) is 31.5 Å². The van der Waals surface area contributed by atoms with Crippen LogP contribution in [0.4, 0.5) is 10.5 Å². The van der Waals surface area contributed by atoms with Gasteiger partial charge in [-0.05, 0) is 22.9 Å². The van der Waals surface area contributed by atoms with Gasteiger partial charge >= 0.3 is 6.03 Å². The number of hydrogen-bond donors (Lipinski definition) is 1. The van der Waals surface area contributed by atoms with E-state index in [0.29, 0.717) is 6.54 Å². The van der Waals surface area contributed by atoms with Gasteiger partial charge in [-0.25, -0.2) is 4.79 Å². The first-order chi connectivity index (χ1) is 10.6. The minimum Gasteiger partial charge on any atom is -0.323 e. The van der Waals surface area contributed by atoms with Crippen LogP contribution in [0.1, 0.15) is 5.56 Å². The largest absolute Gasteiger partial charge is 0.323 e. The highest BCUT2D eigenvalue weighted by Crippen LogP contribution is 2.19. The number of aryl methyl sites for hydroxylation is 1. The van der Waals surface area contributed by atoms with E-state index in [9.17, 15) is 4.79 Å². The summed E-state index contributed by atoms with van der Waals surface area (Å²) < 4.78 is 1.73. The number of nitrogens with zero attached hydrogens (tertiary/aromatic N) is 3. The zero-order valence-corrected chi connectivity index (χ0v) is 12.7. The molecule has 2 amide bonds. The molecule has 0 bridgehead atoms. The molecule has 0 saturated heterocycles. The van der Waals surface area contributed by atoms with Crippen LogP contribution in [0.15, 0.2) is 54.9 Å². The number of rotatable bonds is 3. The van der Waals surface area contributed by atoms with Crippen LogP contribution in [-0.2, 0) is 13.6 Å². The molecule has 2 aromatic carbocycles. The standard InChI is InChI=1S/C17H18N4O/c1-20(11-13-10-18-21(2)12-13)17(22)19-16-8-7-14-5-3-4-6-15(14)9-16/h3-10,12H,11H2,1-2H3,(H,19,22). The molecule has 0 saturated carbocycles. The van der Waals surface area contributed by atoms with E-state index < -0.39 is 0 Å². The Bertz CT molecular complexity index is 809. The van der Waals surface area contributed by atoms with Crippen molar-refractivity contribution in [1.29, 1.82) is 0 Å². The third-order valence-electron chi connectivity index (χ3n) is 3.53. The number of urea groups is 1. The number of benzene rings is 2. The van der Waals surface area contributed by atoms with E-state index in [1.165, 1.54) is 0 Å². The lowest BCUT2D eigenvalue weighted by molar-refractivity contribution is 0.220. The van der Waals surface area contributed by atoms with Crippen molar-refractivity contribution in [1.82, 2.24) is 14.7 Å². The number of carbonyl (C=O) groups is 1. The molecule has 5 nitrogen and oxygen atoms in total. The Hall–Kier alpha value is -2.82. The second-order valence-corrected chi connectivity index (χ2v) is 5.37. The van der Waals surface area contributed by atoms with Gasteiger partial charge in [-0.15, -0.1) is 0 Å². The molecule has 0 aliphatic rings. The molecule has 112 valence electrons. The van der Waals surface area contributed by atoms with E-state index in [4.69, 9.17) is 0 Å². The lowest BCUT2D eigenvalue weighted by Crippen LogP contribution is -2.30. The maximum atomic E-state index is 12.2. The van der Waals surface area contributed by atoms with Crippen molar-refractivity contribution in [3.63, 3.8) is 0 Å². The predicted molar refractivity (Wildman–Crippen MR) is 87.6 cm³/mol. The molecule has 1 N–H and O–H groups in total. The number of anilines is 1. The minimum absolute atomic E-state index is 0.140. The second kappa shape index (κ2) is 5.89. The third kappa shape index (κ3) is 3.09. The summed E-state index contributed by atoms with van der Waals surface area (Å²) in [4.78, 5) is 13.9. The molecule has 0 atom stereocenters. The molecule has 0 radical (unpaired) electrons. The molecule has 5 heteroatoms. The van der Waals surface area contributed by atoms with Crippen molar-refractivity contribution in [3.8, 4) is 0 Å². The number of aromatic nitrogens is 2. The number of hydrogen-bond acceptors (Lipinski definition) is 2. The molecule has 3 aromatic rings. The smallest absolute Gasteiger partial charge is 0.321 e. The maximum absolute atomic E-state index is 12.2. The number of amides is 2. The summed E-state index contributed by atoms with van der Waals surface area (Å²) in [6, 6.07) is 13.8. The summed E-state index contributed by atoms with van der Waals surface area (Å²) in [5, 5.41) is 9.29. The van der Waals surface area contributed by atoms with Gasteiger partial charge in [0.2, 0.25) is 0 Å². The number of fused-ring (bicyclic) bond motifs is 1. The first-order valence-corrected chi connectivity index (χ1v) is 7.10. The molecule has 0 spiro atoms. The fourth-order valence-electron chi connectivity index (χ4n) is 2.39. The molecule has 0 aliphatic heterocycles. The van der Waals surface area contributed by atoms with Crippen LogP contribution in [0.3, 0.4) is 0 Å². The molecule has 22 heavy (non-hydrogen) atoms. The summed E-state index contributed by atoms with van der Waals surface area (Å²) in [7, 11) is 3.63. The lowest BCUT2D eigenvalue weighted by Gasteiger charge is -2.17. The van der Waals surface area contributed by atoms with Crippen LogP contribution in [0.2, 0.25) is 0 Å². The lowest BCUT2D eigenvalue weighted by atomic mass is 10.1. The first kappa shape index (κ1) is 14.1. The van der Waals surface area contributed by atoms with E-state index in [2.05, 4.69) is 16.5 Å². The Balaban J connectivity index is 1.69. The first-order valence-electron chi connectivity index (χ1n) is 7.10. The summed E-state index contributed by atoms with van der Waals surface area (Å²) >= 11 is 0. The predicted octanol–water partition coefficient (Wildman–Crippen LogP) is 3.24. The quantitative estimate of drug-likeness (QED) is 0.806. The topological polar surface area (TPSA) is 50.2 Å². The van der Waals surface area contributed by atoms with Crippen molar-refractivity contribution >= 4 is 22.5 Å². The zero-order chi connectivity index (χ0) is 15.5. The van der Waals surface area contributed by atoms with Gasteiger partial charge < -0.3 is 10.2 Å². The molecular formula is C17H18N4O. The average Bonchev–Trinajstić information content (AvgIpc) is 2.92. The average molecular weight is 294 g/mol. The normalized spacial score (nSPS) is 10.6. The van der Waals surface area contributed by atoms with Gasteiger partial charge in [0.25, 0.3) is 0 Å². The van der Waals surface area contributed by atoms with Gasteiger partial charge in [-0.2, -0.15) is 5.10 Å². The van der Waals surface area contributed by atoms with Gasteiger partial charge in [0.05, 0.1) is 12.7 Å². The Kier molecular flexibility index (Phi) is 3.78. The highest BCUT2D eigenvalue weighted by Gasteiger charge is 2.10. The summed E-state index contributed by atoms with van der Waals surface area (Å²) in [6.07, 6.45) is 3.67. The Morgan fingerprint density at radius 3 is 2.73 bits per heavy atom. The molecule has 0 aliphatic carbocycles. The van der Waals surface area contributed by atoms with Crippen LogP contribution < -0.4 is 5.32 Å². The molecule has 1 heterocycles. The monoisotopic (exact) mass is 294 g/mol. The Morgan fingerprint density at radius 1 is 1.23 bits per heavy atom. The zero-order valence-electron chi connectivity index (χ0n) is 12.7. The van der Waals surface area contributed by atoms with Crippen molar-refractivity contribution in [3.05, 3.63) is 60.4 Å².